The minimum atomic E-state index is 0.486. The van der Waals surface area contributed by atoms with Gasteiger partial charge in [-0.15, -0.1) is 0 Å². The van der Waals surface area contributed by atoms with E-state index in [0.717, 1.165) is 0 Å². The Hall–Kier alpha value is 0.518. The normalized spacial score (nSPS) is 10.7. The van der Waals surface area contributed by atoms with Gasteiger partial charge in [-0.1, -0.05) is 0 Å². The van der Waals surface area contributed by atoms with Gasteiger partial charge in [0.1, 0.15) is 0 Å². The molecule has 0 saturated heterocycles. The van der Waals surface area contributed by atoms with Crippen molar-refractivity contribution in [1.82, 2.24) is 0 Å². The van der Waals surface area contributed by atoms with Gasteiger partial charge in [0.2, 0.25) is 0 Å². The zero-order valence-corrected chi connectivity index (χ0v) is 8.14. The van der Waals surface area contributed by atoms with E-state index in [0.29, 0.717) is 6.10 Å². The van der Waals surface area contributed by atoms with Gasteiger partial charge in [0, 0.05) is 0 Å². The summed E-state index contributed by atoms with van der Waals surface area (Å²) in [5.41, 5.74) is 0. The summed E-state index contributed by atoms with van der Waals surface area (Å²) in [6, 6.07) is 0. The molecular weight excluding hydrogens is 175 g/mol. The number of hydrogen-bond acceptors (Lipinski definition) is 1. The first-order valence-electron chi connectivity index (χ1n) is 3.65. The van der Waals surface area contributed by atoms with E-state index in [4.69, 9.17) is 3.73 Å². The van der Waals surface area contributed by atoms with Gasteiger partial charge in [0.15, 0.2) is 0 Å². The van der Waals surface area contributed by atoms with Crippen LogP contribution in [0.1, 0.15) is 39.5 Å². The van der Waals surface area contributed by atoms with E-state index in [-0.39, 0.29) is 0 Å². The molecule has 0 atom stereocenters. The summed E-state index contributed by atoms with van der Waals surface area (Å²) < 4.78 is 5.17. The van der Waals surface area contributed by atoms with E-state index in [1.165, 1.54) is 25.7 Å². The third kappa shape index (κ3) is 4.99. The van der Waals surface area contributed by atoms with Crippen LogP contribution in [0.25, 0.3) is 0 Å². The third-order valence-electron chi connectivity index (χ3n) is 1.37. The van der Waals surface area contributed by atoms with Crippen molar-refractivity contribution in [3.05, 3.63) is 0 Å². The van der Waals surface area contributed by atoms with Crippen LogP contribution in [0.2, 0.25) is 0 Å². The fourth-order valence-electron chi connectivity index (χ4n) is 0.894. The molecule has 0 saturated carbocycles. The van der Waals surface area contributed by atoms with Gasteiger partial charge < -0.3 is 0 Å². The Morgan fingerprint density at radius 3 is 1.89 bits per heavy atom. The molecule has 1 nitrogen and oxygen atoms in total. The van der Waals surface area contributed by atoms with Crippen LogP contribution in [0.4, 0.5) is 0 Å². The first-order valence-corrected chi connectivity index (χ1v) is 4.42. The SMILES string of the molecule is CCCC(CCC)O[As]. The summed E-state index contributed by atoms with van der Waals surface area (Å²) in [5.74, 6) is 0. The molecule has 9 heavy (non-hydrogen) atoms. The first-order chi connectivity index (χ1) is 4.35. The van der Waals surface area contributed by atoms with Crippen LogP contribution in [-0.4, -0.2) is 23.3 Å². The van der Waals surface area contributed by atoms with Crippen LogP contribution in [0.5, 0.6) is 0 Å². The Morgan fingerprint density at radius 1 is 1.22 bits per heavy atom. The Balaban J connectivity index is 3.18. The van der Waals surface area contributed by atoms with Gasteiger partial charge in [-0.3, -0.25) is 0 Å². The average molecular weight is 190 g/mol. The van der Waals surface area contributed by atoms with Crippen LogP contribution in [0.15, 0.2) is 0 Å². The molecule has 0 amide bonds. The monoisotopic (exact) mass is 190 g/mol. The molecule has 2 radical (unpaired) electrons. The molecule has 0 N–H and O–H groups in total. The number of hydrogen-bond donors (Lipinski definition) is 0. The van der Waals surface area contributed by atoms with E-state index in [1.54, 1.807) is 0 Å². The van der Waals surface area contributed by atoms with E-state index >= 15 is 0 Å². The second-order valence-electron chi connectivity index (χ2n) is 2.30. The average Bonchev–Trinajstić information content (AvgIpc) is 1.88. The predicted octanol–water partition coefficient (Wildman–Crippen LogP) is 2.06. The molecule has 0 aliphatic rings. The second kappa shape index (κ2) is 6.64. The molecular formula is C7H15AsO. The Labute approximate surface area is 67.0 Å². The number of rotatable bonds is 5. The fourth-order valence-corrected chi connectivity index (χ4v) is 1.34. The van der Waals surface area contributed by atoms with Gasteiger partial charge >= 0.3 is 66.6 Å². The van der Waals surface area contributed by atoms with E-state index in [2.05, 4.69) is 31.0 Å². The van der Waals surface area contributed by atoms with Crippen molar-refractivity contribution in [3.63, 3.8) is 0 Å². The maximum absolute atomic E-state index is 5.17. The molecule has 0 rings (SSSR count). The standard InChI is InChI=1S/C7H15AsO/c1-3-5-7(9-8)6-4-2/h7H,3-6H2,1-2H3. The van der Waals surface area contributed by atoms with E-state index < -0.39 is 0 Å². The topological polar surface area (TPSA) is 9.23 Å². The molecule has 54 valence electrons. The molecule has 0 aliphatic heterocycles. The fraction of sp³-hybridized carbons (Fsp3) is 1.00. The van der Waals surface area contributed by atoms with Crippen LogP contribution >= 0.6 is 0 Å². The van der Waals surface area contributed by atoms with Crippen molar-refractivity contribution < 1.29 is 3.73 Å². The summed E-state index contributed by atoms with van der Waals surface area (Å²) in [4.78, 5) is 0. The predicted molar refractivity (Wildman–Crippen MR) is 40.4 cm³/mol. The molecule has 0 aromatic heterocycles. The molecule has 0 aliphatic carbocycles. The van der Waals surface area contributed by atoms with Crippen molar-refractivity contribution in [2.75, 3.05) is 0 Å². The van der Waals surface area contributed by atoms with Crippen LogP contribution < -0.4 is 0 Å². The van der Waals surface area contributed by atoms with Gasteiger partial charge in [-0.25, -0.2) is 0 Å². The van der Waals surface area contributed by atoms with Gasteiger partial charge in [0.25, 0.3) is 0 Å². The summed E-state index contributed by atoms with van der Waals surface area (Å²) in [6.45, 7) is 4.38. The van der Waals surface area contributed by atoms with Gasteiger partial charge in [0.05, 0.1) is 0 Å². The Bertz CT molecular complexity index is 50.9. The molecule has 0 bridgehead atoms. The van der Waals surface area contributed by atoms with Crippen molar-refractivity contribution in [1.29, 1.82) is 0 Å². The summed E-state index contributed by atoms with van der Waals surface area (Å²) in [7, 11) is 0. The zero-order chi connectivity index (χ0) is 7.11. The zero-order valence-electron chi connectivity index (χ0n) is 6.26. The van der Waals surface area contributed by atoms with E-state index in [9.17, 15) is 0 Å². The third-order valence-corrected chi connectivity index (χ3v) is 2.00. The van der Waals surface area contributed by atoms with Crippen LogP contribution in [0.3, 0.4) is 0 Å². The minimum absolute atomic E-state index is 0.486. The molecule has 0 spiro atoms. The van der Waals surface area contributed by atoms with E-state index in [1.807, 2.05) is 0 Å². The summed E-state index contributed by atoms with van der Waals surface area (Å²) in [5, 5.41) is 0. The Morgan fingerprint density at radius 2 is 1.67 bits per heavy atom. The van der Waals surface area contributed by atoms with Gasteiger partial charge in [-0.2, -0.15) is 0 Å². The van der Waals surface area contributed by atoms with Crippen LogP contribution in [0, 0.1) is 0 Å². The second-order valence-corrected chi connectivity index (χ2v) is 2.75. The summed E-state index contributed by atoms with van der Waals surface area (Å²) >= 11 is 2.21. The van der Waals surface area contributed by atoms with Crippen molar-refractivity contribution in [3.8, 4) is 0 Å². The van der Waals surface area contributed by atoms with Gasteiger partial charge in [-0.05, 0) is 0 Å². The van der Waals surface area contributed by atoms with Crippen molar-refractivity contribution in [2.24, 2.45) is 0 Å². The molecule has 0 unspecified atom stereocenters. The first kappa shape index (κ1) is 9.52. The van der Waals surface area contributed by atoms with Crippen molar-refractivity contribution >= 4 is 17.2 Å². The molecule has 0 fully saturated rings. The summed E-state index contributed by atoms with van der Waals surface area (Å²) in [6.07, 6.45) is 5.33. The molecule has 0 heterocycles. The quantitative estimate of drug-likeness (QED) is 0.603. The molecule has 0 aromatic carbocycles. The van der Waals surface area contributed by atoms with Crippen molar-refractivity contribution in [2.45, 2.75) is 45.6 Å². The Kier molecular flexibility index (Phi) is 7.02. The maximum atomic E-state index is 5.17. The molecule has 2 heteroatoms. The van der Waals surface area contributed by atoms with Crippen LogP contribution in [-0.2, 0) is 3.73 Å². The molecule has 0 aromatic rings.